The van der Waals surface area contributed by atoms with Gasteiger partial charge in [-0.3, -0.25) is 0 Å². The topological polar surface area (TPSA) is 58.6 Å². The van der Waals surface area contributed by atoms with E-state index >= 15 is 0 Å². The zero-order chi connectivity index (χ0) is 15.3. The summed E-state index contributed by atoms with van der Waals surface area (Å²) in [4.78, 5) is 11.5. The Morgan fingerprint density at radius 3 is 2.32 bits per heavy atom. The van der Waals surface area contributed by atoms with Gasteiger partial charge in [-0.25, -0.2) is 4.79 Å². The summed E-state index contributed by atoms with van der Waals surface area (Å²) in [5.41, 5.74) is 2.65. The normalized spacial score (nSPS) is 14.9. The number of nitrogens with one attached hydrogen (secondary N) is 1. The smallest absolute Gasteiger partial charge is 0.407 e. The molecule has 0 bridgehead atoms. The fourth-order valence-corrected chi connectivity index (χ4v) is 1.82. The van der Waals surface area contributed by atoms with Gasteiger partial charge in [-0.2, -0.15) is 0 Å². The molecular weight excluding hydrogens is 258 g/mol. The highest BCUT2D eigenvalue weighted by atomic mass is 28.3. The molecule has 4 nitrogen and oxygen atoms in total. The second-order valence-electron chi connectivity index (χ2n) is 6.76. The Morgan fingerprint density at radius 1 is 1.37 bits per heavy atom. The maximum Gasteiger partial charge on any atom is 0.407 e. The summed E-state index contributed by atoms with van der Waals surface area (Å²) in [6, 6.07) is -0.384. The molecule has 0 aliphatic rings. The zero-order valence-electron chi connectivity index (χ0n) is 13.1. The SMILES string of the molecule is C[C@H](NC(=O)OC(C)(C)C)[C@@H](O)CC#C[Si](C)(C)C. The third kappa shape index (κ3) is 10.6. The summed E-state index contributed by atoms with van der Waals surface area (Å²) in [6.07, 6.45) is -0.838. The van der Waals surface area contributed by atoms with Crippen LogP contribution in [-0.4, -0.2) is 37.0 Å². The van der Waals surface area contributed by atoms with Crippen LogP contribution in [0.3, 0.4) is 0 Å². The molecule has 0 aromatic rings. The van der Waals surface area contributed by atoms with Crippen LogP contribution in [0, 0.1) is 11.5 Å². The van der Waals surface area contributed by atoms with Crippen LogP contribution in [0.1, 0.15) is 34.1 Å². The molecule has 0 aliphatic carbocycles. The molecule has 0 rings (SSSR count). The molecule has 0 unspecified atom stereocenters. The molecule has 0 aromatic carbocycles. The van der Waals surface area contributed by atoms with Crippen molar-refractivity contribution in [2.24, 2.45) is 0 Å². The Hall–Kier alpha value is -0.993. The van der Waals surface area contributed by atoms with Crippen LogP contribution in [0.4, 0.5) is 4.79 Å². The number of alkyl carbamates (subject to hydrolysis) is 1. The zero-order valence-corrected chi connectivity index (χ0v) is 14.1. The van der Waals surface area contributed by atoms with Crippen LogP contribution in [0.5, 0.6) is 0 Å². The average molecular weight is 285 g/mol. The summed E-state index contributed by atoms with van der Waals surface area (Å²) >= 11 is 0. The van der Waals surface area contributed by atoms with Crippen LogP contribution in [0.25, 0.3) is 0 Å². The van der Waals surface area contributed by atoms with E-state index in [1.165, 1.54) is 0 Å². The van der Waals surface area contributed by atoms with E-state index in [9.17, 15) is 9.90 Å². The van der Waals surface area contributed by atoms with Gasteiger partial charge in [-0.1, -0.05) is 19.6 Å². The van der Waals surface area contributed by atoms with Gasteiger partial charge in [-0.15, -0.1) is 11.5 Å². The summed E-state index contributed by atoms with van der Waals surface area (Å²) in [5.74, 6) is 3.00. The second kappa shape index (κ2) is 6.97. The number of aliphatic hydroxyl groups is 1. The molecule has 0 radical (unpaired) electrons. The summed E-state index contributed by atoms with van der Waals surface area (Å²) in [6.45, 7) is 13.6. The van der Waals surface area contributed by atoms with E-state index in [4.69, 9.17) is 4.74 Å². The molecule has 5 heteroatoms. The van der Waals surface area contributed by atoms with Crippen LogP contribution in [0.2, 0.25) is 19.6 Å². The Bertz CT molecular complexity index is 358. The van der Waals surface area contributed by atoms with Crippen molar-refractivity contribution in [2.75, 3.05) is 0 Å². The van der Waals surface area contributed by atoms with Gasteiger partial charge in [0.05, 0.1) is 12.1 Å². The summed E-state index contributed by atoms with van der Waals surface area (Å²) in [5, 5.41) is 12.5. The fraction of sp³-hybridized carbons (Fsp3) is 0.786. The van der Waals surface area contributed by atoms with Crippen molar-refractivity contribution in [1.82, 2.24) is 5.32 Å². The number of aliphatic hydroxyl groups excluding tert-OH is 1. The van der Waals surface area contributed by atoms with Crippen molar-refractivity contribution in [1.29, 1.82) is 0 Å². The summed E-state index contributed by atoms with van der Waals surface area (Å²) < 4.78 is 5.13. The first kappa shape index (κ1) is 18.0. The van der Waals surface area contributed by atoms with Crippen molar-refractivity contribution in [3.05, 3.63) is 0 Å². The largest absolute Gasteiger partial charge is 0.444 e. The standard InChI is InChI=1S/C14H27NO3Si/c1-11(15-13(17)18-14(2,3)4)12(16)9-8-10-19(5,6)7/h11-12,16H,9H2,1-7H3,(H,15,17)/t11-,12-/m0/s1. The van der Waals surface area contributed by atoms with E-state index in [1.54, 1.807) is 27.7 Å². The third-order valence-electron chi connectivity index (χ3n) is 2.10. The second-order valence-corrected chi connectivity index (χ2v) is 11.5. The van der Waals surface area contributed by atoms with Crippen LogP contribution in [0.15, 0.2) is 0 Å². The molecule has 2 N–H and O–H groups in total. The van der Waals surface area contributed by atoms with Crippen molar-refractivity contribution in [3.8, 4) is 11.5 Å². The van der Waals surface area contributed by atoms with Gasteiger partial charge in [0.15, 0.2) is 0 Å². The van der Waals surface area contributed by atoms with E-state index in [0.29, 0.717) is 6.42 Å². The molecule has 0 aliphatic heterocycles. The molecule has 0 heterocycles. The number of amides is 1. The van der Waals surface area contributed by atoms with E-state index in [0.717, 1.165) is 0 Å². The molecular formula is C14H27NO3Si. The maximum atomic E-state index is 11.5. The number of hydrogen-bond acceptors (Lipinski definition) is 3. The molecule has 0 saturated carbocycles. The maximum absolute atomic E-state index is 11.5. The first-order chi connectivity index (χ1) is 8.41. The highest BCUT2D eigenvalue weighted by molar-refractivity contribution is 6.83. The highest BCUT2D eigenvalue weighted by Gasteiger charge is 2.20. The quantitative estimate of drug-likeness (QED) is 0.619. The number of carbonyl (C=O) groups is 1. The Kier molecular flexibility index (Phi) is 6.60. The van der Waals surface area contributed by atoms with Gasteiger partial charge in [0, 0.05) is 6.42 Å². The van der Waals surface area contributed by atoms with Crippen molar-refractivity contribution >= 4 is 14.2 Å². The third-order valence-corrected chi connectivity index (χ3v) is 3.02. The monoisotopic (exact) mass is 285 g/mol. The molecule has 0 aromatic heterocycles. The Balaban J connectivity index is 4.23. The van der Waals surface area contributed by atoms with Gasteiger partial charge >= 0.3 is 6.09 Å². The Morgan fingerprint density at radius 2 is 1.89 bits per heavy atom. The first-order valence-corrected chi connectivity index (χ1v) is 10.1. The van der Waals surface area contributed by atoms with Gasteiger partial charge in [-0.05, 0) is 27.7 Å². The molecule has 0 saturated heterocycles. The molecule has 0 spiro atoms. The van der Waals surface area contributed by atoms with Gasteiger partial charge in [0.2, 0.25) is 0 Å². The predicted octanol–water partition coefficient (Wildman–Crippen LogP) is 2.53. The van der Waals surface area contributed by atoms with Gasteiger partial charge in [0.1, 0.15) is 13.7 Å². The molecule has 2 atom stereocenters. The molecule has 110 valence electrons. The van der Waals surface area contributed by atoms with Gasteiger partial charge < -0.3 is 15.2 Å². The fourth-order valence-electron chi connectivity index (χ4n) is 1.19. The lowest BCUT2D eigenvalue weighted by Gasteiger charge is -2.23. The average Bonchev–Trinajstić information content (AvgIpc) is 2.11. The lowest BCUT2D eigenvalue weighted by atomic mass is 10.1. The number of ether oxygens (including phenoxy) is 1. The number of hydrogen-bond donors (Lipinski definition) is 2. The minimum Gasteiger partial charge on any atom is -0.444 e. The Labute approximate surface area is 117 Å². The van der Waals surface area contributed by atoms with Crippen molar-refractivity contribution in [2.45, 2.75) is 71.5 Å². The van der Waals surface area contributed by atoms with Crippen molar-refractivity contribution in [3.63, 3.8) is 0 Å². The number of carbonyl (C=O) groups excluding carboxylic acids is 1. The predicted molar refractivity (Wildman–Crippen MR) is 80.6 cm³/mol. The lowest BCUT2D eigenvalue weighted by molar-refractivity contribution is 0.0440. The molecule has 1 amide bonds. The molecule has 0 fully saturated rings. The number of rotatable bonds is 3. The minimum absolute atomic E-state index is 0.362. The van der Waals surface area contributed by atoms with Gasteiger partial charge in [0.25, 0.3) is 0 Å². The highest BCUT2D eigenvalue weighted by Crippen LogP contribution is 2.07. The van der Waals surface area contributed by atoms with Crippen LogP contribution >= 0.6 is 0 Å². The van der Waals surface area contributed by atoms with Crippen molar-refractivity contribution < 1.29 is 14.6 Å². The van der Waals surface area contributed by atoms with E-state index < -0.39 is 25.9 Å². The van der Waals surface area contributed by atoms with Crippen LogP contribution in [-0.2, 0) is 4.74 Å². The lowest BCUT2D eigenvalue weighted by Crippen LogP contribution is -2.43. The van der Waals surface area contributed by atoms with E-state index in [1.807, 2.05) is 0 Å². The van der Waals surface area contributed by atoms with Crippen LogP contribution < -0.4 is 5.32 Å². The minimum atomic E-state index is -1.41. The summed E-state index contributed by atoms with van der Waals surface area (Å²) in [7, 11) is -1.41. The molecule has 19 heavy (non-hydrogen) atoms. The van der Waals surface area contributed by atoms with E-state index in [2.05, 4.69) is 36.4 Å². The first-order valence-electron chi connectivity index (χ1n) is 6.58. The van der Waals surface area contributed by atoms with E-state index in [-0.39, 0.29) is 6.04 Å².